The number of hydrogen-bond donors (Lipinski definition) is 1. The molecule has 1 aliphatic heterocycles. The molecule has 116 valence electrons. The molecular weight excluding hydrogens is 304 g/mol. The first-order valence-corrected chi connectivity index (χ1v) is 7.18. The molecule has 1 N–H and O–H groups in total. The van der Waals surface area contributed by atoms with E-state index in [0.29, 0.717) is 0 Å². The number of hydrogen-bond acceptors (Lipinski definition) is 1. The first-order valence-electron chi connectivity index (χ1n) is 7.18. The smallest absolute Gasteiger partial charge is 0.123 e. The molecule has 2 aromatic rings. The minimum absolute atomic E-state index is 0. The van der Waals surface area contributed by atoms with Crippen molar-refractivity contribution in [2.75, 3.05) is 13.1 Å². The molecule has 0 bridgehead atoms. The molecule has 2 aromatic carbocycles. The molecule has 1 fully saturated rings. The van der Waals surface area contributed by atoms with Crippen LogP contribution in [-0.4, -0.2) is 13.1 Å². The Bertz CT molecular complexity index is 592. The van der Waals surface area contributed by atoms with E-state index in [4.69, 9.17) is 0 Å². The largest absolute Gasteiger partial charge is 0.316 e. The highest BCUT2D eigenvalue weighted by atomic mass is 35.5. The SMILES string of the molecule is Cl.Fc1ccc(C(=C2CCNCC2)c2ccc(F)cc2)cc1. The summed E-state index contributed by atoms with van der Waals surface area (Å²) in [4.78, 5) is 0. The van der Waals surface area contributed by atoms with Crippen molar-refractivity contribution in [1.82, 2.24) is 5.32 Å². The molecule has 0 amide bonds. The summed E-state index contributed by atoms with van der Waals surface area (Å²) in [6.45, 7) is 1.89. The van der Waals surface area contributed by atoms with Gasteiger partial charge in [0.15, 0.2) is 0 Å². The summed E-state index contributed by atoms with van der Waals surface area (Å²) in [7, 11) is 0. The van der Waals surface area contributed by atoms with Gasteiger partial charge in [-0.15, -0.1) is 12.4 Å². The summed E-state index contributed by atoms with van der Waals surface area (Å²) in [6, 6.07) is 13.1. The molecule has 1 aliphatic rings. The Morgan fingerprint density at radius 2 is 1.14 bits per heavy atom. The maximum absolute atomic E-state index is 13.2. The van der Waals surface area contributed by atoms with Crippen molar-refractivity contribution in [3.8, 4) is 0 Å². The third kappa shape index (κ3) is 3.73. The fraction of sp³-hybridized carbons (Fsp3) is 0.222. The highest BCUT2D eigenvalue weighted by molar-refractivity contribution is 5.85. The molecule has 0 spiro atoms. The van der Waals surface area contributed by atoms with E-state index in [9.17, 15) is 8.78 Å². The Morgan fingerprint density at radius 3 is 1.55 bits per heavy atom. The van der Waals surface area contributed by atoms with Crippen molar-refractivity contribution in [2.45, 2.75) is 12.8 Å². The van der Waals surface area contributed by atoms with Gasteiger partial charge in [-0.2, -0.15) is 0 Å². The van der Waals surface area contributed by atoms with Crippen LogP contribution in [0.2, 0.25) is 0 Å². The standard InChI is InChI=1S/C18H17F2N.ClH/c19-16-5-1-13(2-6-16)18(15-9-11-21-12-10-15)14-3-7-17(20)8-4-14;/h1-8,21H,9-12H2;1H. The van der Waals surface area contributed by atoms with E-state index < -0.39 is 0 Å². The van der Waals surface area contributed by atoms with E-state index >= 15 is 0 Å². The molecule has 1 nitrogen and oxygen atoms in total. The zero-order valence-corrected chi connectivity index (χ0v) is 12.9. The van der Waals surface area contributed by atoms with E-state index in [-0.39, 0.29) is 24.0 Å². The van der Waals surface area contributed by atoms with Gasteiger partial charge in [0.25, 0.3) is 0 Å². The Labute approximate surface area is 135 Å². The second-order valence-corrected chi connectivity index (χ2v) is 5.24. The Morgan fingerprint density at radius 1 is 0.727 bits per heavy atom. The highest BCUT2D eigenvalue weighted by Crippen LogP contribution is 2.31. The lowest BCUT2D eigenvalue weighted by Gasteiger charge is -2.21. The van der Waals surface area contributed by atoms with E-state index in [1.807, 2.05) is 0 Å². The van der Waals surface area contributed by atoms with Crippen LogP contribution in [0.1, 0.15) is 24.0 Å². The Balaban J connectivity index is 0.00000176. The van der Waals surface area contributed by atoms with Crippen molar-refractivity contribution in [3.05, 3.63) is 76.9 Å². The molecule has 0 atom stereocenters. The molecular formula is C18H18ClF2N. The number of rotatable bonds is 2. The average Bonchev–Trinajstić information content (AvgIpc) is 2.52. The van der Waals surface area contributed by atoms with E-state index in [1.54, 1.807) is 24.3 Å². The van der Waals surface area contributed by atoms with Crippen LogP contribution >= 0.6 is 12.4 Å². The van der Waals surface area contributed by atoms with Crippen molar-refractivity contribution in [2.24, 2.45) is 0 Å². The van der Waals surface area contributed by atoms with Crippen molar-refractivity contribution < 1.29 is 8.78 Å². The predicted molar refractivity (Wildman–Crippen MR) is 88.2 cm³/mol. The van der Waals surface area contributed by atoms with Gasteiger partial charge in [-0.25, -0.2) is 8.78 Å². The monoisotopic (exact) mass is 321 g/mol. The van der Waals surface area contributed by atoms with Crippen molar-refractivity contribution in [1.29, 1.82) is 0 Å². The number of nitrogens with one attached hydrogen (secondary N) is 1. The van der Waals surface area contributed by atoms with Crippen molar-refractivity contribution >= 4 is 18.0 Å². The van der Waals surface area contributed by atoms with Gasteiger partial charge in [0.1, 0.15) is 11.6 Å². The zero-order valence-electron chi connectivity index (χ0n) is 12.1. The van der Waals surface area contributed by atoms with Crippen LogP contribution in [0.15, 0.2) is 54.1 Å². The Hall–Kier alpha value is -1.71. The highest BCUT2D eigenvalue weighted by Gasteiger charge is 2.14. The maximum atomic E-state index is 13.2. The van der Waals surface area contributed by atoms with Gasteiger partial charge < -0.3 is 5.32 Å². The first kappa shape index (κ1) is 16.7. The summed E-state index contributed by atoms with van der Waals surface area (Å²) in [5, 5.41) is 3.34. The van der Waals surface area contributed by atoms with Gasteiger partial charge in [-0.1, -0.05) is 29.8 Å². The van der Waals surface area contributed by atoms with Crippen LogP contribution in [0, 0.1) is 11.6 Å². The van der Waals surface area contributed by atoms with E-state index in [1.165, 1.54) is 29.8 Å². The van der Waals surface area contributed by atoms with Crippen LogP contribution in [-0.2, 0) is 0 Å². The van der Waals surface area contributed by atoms with Gasteiger partial charge in [0.05, 0.1) is 0 Å². The molecule has 3 rings (SSSR count). The lowest BCUT2D eigenvalue weighted by atomic mass is 9.89. The van der Waals surface area contributed by atoms with Crippen LogP contribution in [0.4, 0.5) is 8.78 Å². The number of benzene rings is 2. The maximum Gasteiger partial charge on any atom is 0.123 e. The quantitative estimate of drug-likeness (QED) is 0.854. The second kappa shape index (κ2) is 7.52. The normalized spacial score (nSPS) is 14.4. The van der Waals surface area contributed by atoms with Crippen LogP contribution in [0.25, 0.3) is 5.57 Å². The molecule has 0 unspecified atom stereocenters. The molecule has 0 saturated carbocycles. The molecule has 0 aliphatic carbocycles. The minimum atomic E-state index is -0.243. The van der Waals surface area contributed by atoms with Crippen LogP contribution in [0.3, 0.4) is 0 Å². The fourth-order valence-electron chi connectivity index (χ4n) is 2.79. The van der Waals surface area contributed by atoms with Gasteiger partial charge in [-0.3, -0.25) is 0 Å². The van der Waals surface area contributed by atoms with Gasteiger partial charge in [0, 0.05) is 0 Å². The summed E-state index contributed by atoms with van der Waals surface area (Å²) in [6.07, 6.45) is 1.92. The van der Waals surface area contributed by atoms with Gasteiger partial charge >= 0.3 is 0 Å². The lowest BCUT2D eigenvalue weighted by molar-refractivity contribution is 0.611. The van der Waals surface area contributed by atoms with E-state index in [2.05, 4.69) is 5.32 Å². The summed E-state index contributed by atoms with van der Waals surface area (Å²) in [5.41, 5.74) is 4.42. The zero-order chi connectivity index (χ0) is 14.7. The third-order valence-electron chi connectivity index (χ3n) is 3.83. The molecule has 1 saturated heterocycles. The van der Waals surface area contributed by atoms with Crippen LogP contribution in [0.5, 0.6) is 0 Å². The molecule has 4 heteroatoms. The first-order chi connectivity index (χ1) is 10.2. The van der Waals surface area contributed by atoms with Gasteiger partial charge in [-0.05, 0) is 66.9 Å². The molecule has 0 radical (unpaired) electrons. The summed E-state index contributed by atoms with van der Waals surface area (Å²) >= 11 is 0. The number of piperidine rings is 1. The van der Waals surface area contributed by atoms with Crippen LogP contribution < -0.4 is 5.32 Å². The summed E-state index contributed by atoms with van der Waals surface area (Å²) in [5.74, 6) is -0.486. The summed E-state index contributed by atoms with van der Waals surface area (Å²) < 4.78 is 26.3. The molecule has 0 aromatic heterocycles. The van der Waals surface area contributed by atoms with Gasteiger partial charge in [0.2, 0.25) is 0 Å². The third-order valence-corrected chi connectivity index (χ3v) is 3.83. The second-order valence-electron chi connectivity index (χ2n) is 5.24. The Kier molecular flexibility index (Phi) is 5.69. The van der Waals surface area contributed by atoms with E-state index in [0.717, 1.165) is 42.6 Å². The number of halogens is 3. The predicted octanol–water partition coefficient (Wildman–Crippen LogP) is 4.57. The average molecular weight is 322 g/mol. The molecule has 1 heterocycles. The fourth-order valence-corrected chi connectivity index (χ4v) is 2.79. The topological polar surface area (TPSA) is 12.0 Å². The molecule has 22 heavy (non-hydrogen) atoms. The minimum Gasteiger partial charge on any atom is -0.316 e. The lowest BCUT2D eigenvalue weighted by Crippen LogP contribution is -2.23. The van der Waals surface area contributed by atoms with Crippen molar-refractivity contribution in [3.63, 3.8) is 0 Å².